The number of aromatic amines is 2. The van der Waals surface area contributed by atoms with Gasteiger partial charge in [-0.2, -0.15) is 0 Å². The van der Waals surface area contributed by atoms with Gasteiger partial charge < -0.3 is 15.1 Å². The van der Waals surface area contributed by atoms with Crippen LogP contribution in [-0.2, 0) is 13.0 Å². The van der Waals surface area contributed by atoms with Crippen LogP contribution in [0.3, 0.4) is 0 Å². The number of hydrogen-bond donors (Lipinski definition) is 3. The largest absolute Gasteiger partial charge is 0.391 e. The highest BCUT2D eigenvalue weighted by Crippen LogP contribution is 2.25. The molecule has 1 aliphatic rings. The highest BCUT2D eigenvalue weighted by molar-refractivity contribution is 5.77. The molecule has 130 valence electrons. The molecule has 25 heavy (non-hydrogen) atoms. The molecule has 6 heteroatoms. The first-order valence-electron chi connectivity index (χ1n) is 8.68. The fourth-order valence-electron chi connectivity index (χ4n) is 3.72. The van der Waals surface area contributed by atoms with E-state index in [1.807, 2.05) is 12.3 Å². The lowest BCUT2D eigenvalue weighted by Gasteiger charge is -2.15. The highest BCUT2D eigenvalue weighted by Gasteiger charge is 2.31. The van der Waals surface area contributed by atoms with Crippen LogP contribution >= 0.6 is 0 Å². The number of H-pyrrole nitrogens is 2. The predicted molar refractivity (Wildman–Crippen MR) is 96.3 cm³/mol. The molecule has 3 heterocycles. The quantitative estimate of drug-likeness (QED) is 0.661. The van der Waals surface area contributed by atoms with Gasteiger partial charge in [-0.15, -0.1) is 0 Å². The average molecular weight is 338 g/mol. The first kappa shape index (κ1) is 16.1. The topological polar surface area (TPSA) is 85.0 Å². The maximum Gasteiger partial charge on any atom is 0.275 e. The second-order valence-corrected chi connectivity index (χ2v) is 6.81. The van der Waals surface area contributed by atoms with Gasteiger partial charge in [-0.25, -0.2) is 4.98 Å². The first-order chi connectivity index (χ1) is 12.2. The van der Waals surface area contributed by atoms with Gasteiger partial charge in [-0.05, 0) is 24.3 Å². The molecule has 2 aromatic heterocycles. The molecule has 0 bridgehead atoms. The van der Waals surface area contributed by atoms with Crippen LogP contribution in [0.25, 0.3) is 11.0 Å². The van der Waals surface area contributed by atoms with Crippen molar-refractivity contribution >= 4 is 11.0 Å². The lowest BCUT2D eigenvalue weighted by atomic mass is 9.97. The summed E-state index contributed by atoms with van der Waals surface area (Å²) in [5.74, 6) is 0.279. The third kappa shape index (κ3) is 3.36. The van der Waals surface area contributed by atoms with E-state index in [2.05, 4.69) is 44.1 Å². The van der Waals surface area contributed by atoms with Gasteiger partial charge >= 0.3 is 0 Å². The zero-order valence-electron chi connectivity index (χ0n) is 14.0. The van der Waals surface area contributed by atoms with Crippen LogP contribution in [0.4, 0.5) is 0 Å². The SMILES string of the molecule is O=c1[nH]cnc2c(CN3C[C@@H](CCc4ccccc4)[C@H](O)C3)c[nH]c12. The second-order valence-electron chi connectivity index (χ2n) is 6.81. The van der Waals surface area contributed by atoms with Crippen molar-refractivity contribution in [1.82, 2.24) is 19.9 Å². The molecule has 1 aliphatic heterocycles. The Labute approximate surface area is 145 Å². The summed E-state index contributed by atoms with van der Waals surface area (Å²) < 4.78 is 0. The van der Waals surface area contributed by atoms with Crippen molar-refractivity contribution in [2.45, 2.75) is 25.5 Å². The molecule has 1 fully saturated rings. The van der Waals surface area contributed by atoms with Gasteiger partial charge in [-0.3, -0.25) is 9.69 Å². The van der Waals surface area contributed by atoms with Crippen molar-refractivity contribution in [1.29, 1.82) is 0 Å². The Hall–Kier alpha value is -2.44. The summed E-state index contributed by atoms with van der Waals surface area (Å²) in [6.45, 7) is 2.22. The van der Waals surface area contributed by atoms with Gasteiger partial charge in [-0.1, -0.05) is 30.3 Å². The van der Waals surface area contributed by atoms with Crippen LogP contribution in [0.5, 0.6) is 0 Å². The Kier molecular flexibility index (Phi) is 4.38. The van der Waals surface area contributed by atoms with Crippen LogP contribution in [0.15, 0.2) is 47.7 Å². The van der Waals surface area contributed by atoms with Gasteiger partial charge in [0.1, 0.15) is 5.52 Å². The molecule has 0 aliphatic carbocycles. The van der Waals surface area contributed by atoms with Gasteiger partial charge in [0, 0.05) is 31.4 Å². The number of aryl methyl sites for hydroxylation is 1. The van der Waals surface area contributed by atoms with Crippen molar-refractivity contribution in [3.8, 4) is 0 Å². The summed E-state index contributed by atoms with van der Waals surface area (Å²) in [6.07, 6.45) is 4.94. The normalized spacial score (nSPS) is 21.2. The van der Waals surface area contributed by atoms with Crippen molar-refractivity contribution in [3.05, 3.63) is 64.3 Å². The third-order valence-electron chi connectivity index (χ3n) is 5.07. The number of hydrogen-bond acceptors (Lipinski definition) is 4. The lowest BCUT2D eigenvalue weighted by molar-refractivity contribution is 0.137. The van der Waals surface area contributed by atoms with E-state index in [0.717, 1.165) is 24.9 Å². The molecule has 1 saturated heterocycles. The van der Waals surface area contributed by atoms with Gasteiger partial charge in [0.2, 0.25) is 0 Å². The summed E-state index contributed by atoms with van der Waals surface area (Å²) in [6, 6.07) is 10.4. The van der Waals surface area contributed by atoms with Crippen LogP contribution in [0.1, 0.15) is 17.5 Å². The predicted octanol–water partition coefficient (Wildman–Crippen LogP) is 1.68. The molecule has 3 N–H and O–H groups in total. The molecule has 2 atom stereocenters. The summed E-state index contributed by atoms with van der Waals surface area (Å²) in [5, 5.41) is 10.4. The average Bonchev–Trinajstić information content (AvgIpc) is 3.19. The number of aromatic nitrogens is 3. The van der Waals surface area contributed by atoms with Crippen LogP contribution in [0, 0.1) is 5.92 Å². The van der Waals surface area contributed by atoms with E-state index in [1.54, 1.807) is 0 Å². The fourth-order valence-corrected chi connectivity index (χ4v) is 3.72. The first-order valence-corrected chi connectivity index (χ1v) is 8.68. The number of likely N-dealkylation sites (tertiary alicyclic amines) is 1. The number of aliphatic hydroxyl groups excluding tert-OH is 1. The minimum atomic E-state index is -0.301. The van der Waals surface area contributed by atoms with Crippen molar-refractivity contribution in [3.63, 3.8) is 0 Å². The standard InChI is InChI=1S/C19H22N4O2/c24-16-11-23(9-14(16)7-6-13-4-2-1-3-5-13)10-15-8-20-18-17(15)21-12-22-19(18)25/h1-5,8,12,14,16,20,24H,6-7,9-11H2,(H,21,22,25)/t14-,16-/m1/s1. The molecule has 1 aromatic carbocycles. The van der Waals surface area contributed by atoms with Gasteiger partial charge in [0.15, 0.2) is 0 Å². The maximum absolute atomic E-state index is 11.8. The molecule has 0 radical (unpaired) electrons. The number of benzene rings is 1. The summed E-state index contributed by atoms with van der Waals surface area (Å²) in [4.78, 5) is 23.9. The number of rotatable bonds is 5. The second kappa shape index (κ2) is 6.82. The Bertz CT molecular complexity index is 902. The summed E-state index contributed by atoms with van der Waals surface area (Å²) in [5.41, 5.74) is 3.38. The number of aliphatic hydroxyl groups is 1. The molecular formula is C19H22N4O2. The zero-order valence-corrected chi connectivity index (χ0v) is 14.0. The molecule has 0 unspecified atom stereocenters. The monoisotopic (exact) mass is 338 g/mol. The third-order valence-corrected chi connectivity index (χ3v) is 5.07. The van der Waals surface area contributed by atoms with E-state index in [0.29, 0.717) is 24.1 Å². The van der Waals surface area contributed by atoms with E-state index < -0.39 is 0 Å². The Morgan fingerprint density at radius 2 is 2.04 bits per heavy atom. The number of nitrogens with one attached hydrogen (secondary N) is 2. The Morgan fingerprint density at radius 3 is 2.88 bits per heavy atom. The smallest absolute Gasteiger partial charge is 0.275 e. The number of nitrogens with zero attached hydrogens (tertiary/aromatic N) is 2. The van der Waals surface area contributed by atoms with Crippen molar-refractivity contribution < 1.29 is 5.11 Å². The zero-order chi connectivity index (χ0) is 17.2. The maximum atomic E-state index is 11.8. The van der Waals surface area contributed by atoms with E-state index >= 15 is 0 Å². The Balaban J connectivity index is 1.41. The van der Waals surface area contributed by atoms with E-state index in [-0.39, 0.29) is 17.6 Å². The van der Waals surface area contributed by atoms with Crippen molar-refractivity contribution in [2.24, 2.45) is 5.92 Å². The molecule has 6 nitrogen and oxygen atoms in total. The van der Waals surface area contributed by atoms with E-state index in [9.17, 15) is 9.90 Å². The minimum Gasteiger partial charge on any atom is -0.391 e. The van der Waals surface area contributed by atoms with E-state index in [4.69, 9.17) is 0 Å². The Morgan fingerprint density at radius 1 is 1.20 bits per heavy atom. The van der Waals surface area contributed by atoms with Gasteiger partial charge in [0.05, 0.1) is 17.9 Å². The summed E-state index contributed by atoms with van der Waals surface area (Å²) >= 11 is 0. The van der Waals surface area contributed by atoms with Crippen molar-refractivity contribution in [2.75, 3.05) is 13.1 Å². The molecule has 4 rings (SSSR count). The molecule has 0 amide bonds. The molecule has 3 aromatic rings. The van der Waals surface area contributed by atoms with Gasteiger partial charge in [0.25, 0.3) is 5.56 Å². The highest BCUT2D eigenvalue weighted by atomic mass is 16.3. The lowest BCUT2D eigenvalue weighted by Crippen LogP contribution is -2.21. The minimum absolute atomic E-state index is 0.154. The molecular weight excluding hydrogens is 316 g/mol. The molecule has 0 spiro atoms. The van der Waals surface area contributed by atoms with Crippen LogP contribution < -0.4 is 5.56 Å². The number of fused-ring (bicyclic) bond motifs is 1. The van der Waals surface area contributed by atoms with Crippen LogP contribution in [0.2, 0.25) is 0 Å². The van der Waals surface area contributed by atoms with Crippen LogP contribution in [-0.4, -0.2) is 44.2 Å². The summed E-state index contributed by atoms with van der Waals surface area (Å²) in [7, 11) is 0. The number of β-amino-alcohol motifs (C(OH)–C–C–N with tert-alkyl or cyclic N) is 1. The van der Waals surface area contributed by atoms with E-state index in [1.165, 1.54) is 11.9 Å². The molecule has 0 saturated carbocycles. The fraction of sp³-hybridized carbons (Fsp3) is 0.368.